The van der Waals surface area contributed by atoms with E-state index in [1.54, 1.807) is 0 Å². The summed E-state index contributed by atoms with van der Waals surface area (Å²) in [5.41, 5.74) is 1.97. The van der Waals surface area contributed by atoms with Gasteiger partial charge in [-0.1, -0.05) is 29.5 Å². The number of thioether (sulfide) groups is 1. The second-order valence-electron chi connectivity index (χ2n) is 6.09. The van der Waals surface area contributed by atoms with E-state index in [9.17, 15) is 4.79 Å². The molecule has 0 fully saturated rings. The molecule has 1 N–H and O–H groups in total. The van der Waals surface area contributed by atoms with E-state index in [2.05, 4.69) is 38.1 Å². The largest absolute Gasteiger partial charge is 0.486 e. The number of hydrogen-bond donors (Lipinski definition) is 1. The summed E-state index contributed by atoms with van der Waals surface area (Å²) in [4.78, 5) is 12.2. The monoisotopic (exact) mass is 508 g/mol. The third-order valence-electron chi connectivity index (χ3n) is 3.96. The second-order valence-corrected chi connectivity index (χ2v) is 8.28. The molecule has 0 spiro atoms. The van der Waals surface area contributed by atoms with E-state index in [1.165, 1.54) is 17.3 Å². The first kappa shape index (κ1) is 20.7. The zero-order valence-corrected chi connectivity index (χ0v) is 18.7. The maximum Gasteiger partial charge on any atom is 0.234 e. The molecule has 3 rings (SSSR count). The van der Waals surface area contributed by atoms with Crippen LogP contribution in [0.4, 0.5) is 5.69 Å². The van der Waals surface area contributed by atoms with Gasteiger partial charge in [-0.3, -0.25) is 4.79 Å². The summed E-state index contributed by atoms with van der Waals surface area (Å²) in [6.07, 6.45) is 0. The maximum atomic E-state index is 12.2. The van der Waals surface area contributed by atoms with Crippen LogP contribution in [0.2, 0.25) is 0 Å². The van der Waals surface area contributed by atoms with E-state index in [-0.39, 0.29) is 11.7 Å². The zero-order chi connectivity index (χ0) is 19.9. The van der Waals surface area contributed by atoms with Crippen molar-refractivity contribution < 1.29 is 9.53 Å². The van der Waals surface area contributed by atoms with Gasteiger partial charge in [0.2, 0.25) is 5.91 Å². The Morgan fingerprint density at radius 1 is 1.14 bits per heavy atom. The van der Waals surface area contributed by atoms with Crippen molar-refractivity contribution in [3.8, 4) is 5.75 Å². The summed E-state index contributed by atoms with van der Waals surface area (Å²) in [6.45, 7) is 5.10. The highest BCUT2D eigenvalue weighted by atomic mass is 127. The lowest BCUT2D eigenvalue weighted by Crippen LogP contribution is -2.15. The third kappa shape index (κ3) is 5.71. The number of hydrogen-bond acceptors (Lipinski definition) is 5. The van der Waals surface area contributed by atoms with E-state index in [0.717, 1.165) is 20.8 Å². The van der Waals surface area contributed by atoms with Crippen LogP contribution < -0.4 is 10.1 Å². The van der Waals surface area contributed by atoms with Gasteiger partial charge in [0.15, 0.2) is 11.0 Å². The SMILES string of the molecule is CCn1c(COc2ccc(C)cc2)nnc1SCC(=O)Nc1ccc(I)cc1. The minimum atomic E-state index is -0.0747. The number of halogens is 1. The second kappa shape index (κ2) is 9.92. The average Bonchev–Trinajstić information content (AvgIpc) is 3.09. The van der Waals surface area contributed by atoms with Crippen LogP contribution in [0.25, 0.3) is 0 Å². The number of anilines is 1. The molecule has 0 bridgehead atoms. The summed E-state index contributed by atoms with van der Waals surface area (Å²) in [5.74, 6) is 1.73. The smallest absolute Gasteiger partial charge is 0.234 e. The molecule has 0 aliphatic carbocycles. The van der Waals surface area contributed by atoms with Crippen LogP contribution in [-0.2, 0) is 17.9 Å². The topological polar surface area (TPSA) is 69.0 Å². The molecule has 6 nitrogen and oxygen atoms in total. The summed E-state index contributed by atoms with van der Waals surface area (Å²) in [7, 11) is 0. The fraction of sp³-hybridized carbons (Fsp3) is 0.250. The predicted octanol–water partition coefficient (Wildman–Crippen LogP) is 4.52. The van der Waals surface area contributed by atoms with Crippen molar-refractivity contribution in [2.45, 2.75) is 32.2 Å². The summed E-state index contributed by atoms with van der Waals surface area (Å²) < 4.78 is 8.90. The van der Waals surface area contributed by atoms with Crippen molar-refractivity contribution in [1.82, 2.24) is 14.8 Å². The summed E-state index contributed by atoms with van der Waals surface area (Å²) in [6, 6.07) is 15.6. The first-order valence-corrected chi connectivity index (χ1v) is 10.9. The number of aryl methyl sites for hydroxylation is 1. The van der Waals surface area contributed by atoms with Crippen molar-refractivity contribution in [1.29, 1.82) is 0 Å². The number of benzene rings is 2. The normalized spacial score (nSPS) is 10.7. The predicted molar refractivity (Wildman–Crippen MR) is 120 cm³/mol. The Labute approximate surface area is 182 Å². The van der Waals surface area contributed by atoms with E-state index >= 15 is 0 Å². The van der Waals surface area contributed by atoms with Crippen LogP contribution in [0, 0.1) is 10.5 Å². The van der Waals surface area contributed by atoms with E-state index in [0.29, 0.717) is 18.3 Å². The highest BCUT2D eigenvalue weighted by Crippen LogP contribution is 2.20. The van der Waals surface area contributed by atoms with Crippen LogP contribution in [0.5, 0.6) is 5.75 Å². The lowest BCUT2D eigenvalue weighted by Gasteiger charge is -2.09. The molecule has 1 heterocycles. The van der Waals surface area contributed by atoms with Gasteiger partial charge in [0.25, 0.3) is 0 Å². The van der Waals surface area contributed by atoms with Crippen LogP contribution in [0.1, 0.15) is 18.3 Å². The summed E-state index contributed by atoms with van der Waals surface area (Å²) >= 11 is 3.60. The molecule has 0 saturated heterocycles. The lowest BCUT2D eigenvalue weighted by molar-refractivity contribution is -0.113. The molecule has 1 aromatic heterocycles. The number of carbonyl (C=O) groups excluding carboxylic acids is 1. The van der Waals surface area contributed by atoms with Crippen LogP contribution in [0.3, 0.4) is 0 Å². The van der Waals surface area contributed by atoms with E-state index in [1.807, 2.05) is 66.9 Å². The number of aromatic nitrogens is 3. The molecule has 8 heteroatoms. The van der Waals surface area contributed by atoms with Gasteiger partial charge in [-0.15, -0.1) is 10.2 Å². The van der Waals surface area contributed by atoms with Crippen molar-refractivity contribution in [3.05, 3.63) is 63.5 Å². The van der Waals surface area contributed by atoms with Gasteiger partial charge in [0.05, 0.1) is 5.75 Å². The standard InChI is InChI=1S/C20H21IN4O2S/c1-3-25-18(12-27-17-10-4-14(2)5-11-17)23-24-20(25)28-13-19(26)22-16-8-6-15(21)7-9-16/h4-11H,3,12-13H2,1-2H3,(H,22,26). The molecule has 1 amide bonds. The number of ether oxygens (including phenoxy) is 1. The van der Waals surface area contributed by atoms with Crippen molar-refractivity contribution in [2.75, 3.05) is 11.1 Å². The first-order chi connectivity index (χ1) is 13.5. The van der Waals surface area contributed by atoms with Crippen LogP contribution in [0.15, 0.2) is 53.7 Å². The molecule has 3 aromatic rings. The van der Waals surface area contributed by atoms with Crippen molar-refractivity contribution in [3.63, 3.8) is 0 Å². The highest BCUT2D eigenvalue weighted by Gasteiger charge is 2.14. The molecule has 0 saturated carbocycles. The summed E-state index contributed by atoms with van der Waals surface area (Å²) in [5, 5.41) is 12.0. The maximum absolute atomic E-state index is 12.2. The highest BCUT2D eigenvalue weighted by molar-refractivity contribution is 14.1. The zero-order valence-electron chi connectivity index (χ0n) is 15.7. The molecule has 0 aliphatic heterocycles. The Morgan fingerprint density at radius 3 is 2.54 bits per heavy atom. The molecule has 28 heavy (non-hydrogen) atoms. The molecule has 0 radical (unpaired) electrons. The van der Waals surface area contributed by atoms with Crippen molar-refractivity contribution >= 4 is 45.9 Å². The van der Waals surface area contributed by atoms with Gasteiger partial charge in [-0.2, -0.15) is 0 Å². The van der Waals surface area contributed by atoms with Crippen molar-refractivity contribution in [2.24, 2.45) is 0 Å². The Kier molecular flexibility index (Phi) is 7.32. The van der Waals surface area contributed by atoms with Gasteiger partial charge < -0.3 is 14.6 Å². The van der Waals surface area contributed by atoms with E-state index in [4.69, 9.17) is 4.74 Å². The number of nitrogens with one attached hydrogen (secondary N) is 1. The fourth-order valence-electron chi connectivity index (χ4n) is 2.49. The lowest BCUT2D eigenvalue weighted by atomic mass is 10.2. The molecule has 2 aromatic carbocycles. The Hall–Kier alpha value is -2.07. The molecule has 146 valence electrons. The minimum absolute atomic E-state index is 0.0747. The fourth-order valence-corrected chi connectivity index (χ4v) is 3.67. The van der Waals surface area contributed by atoms with Gasteiger partial charge in [0.1, 0.15) is 12.4 Å². The number of rotatable bonds is 8. The molecule has 0 aliphatic rings. The van der Waals surface area contributed by atoms with Crippen LogP contribution >= 0.6 is 34.4 Å². The quantitative estimate of drug-likeness (QED) is 0.358. The first-order valence-electron chi connectivity index (χ1n) is 8.85. The van der Waals surface area contributed by atoms with Gasteiger partial charge in [-0.25, -0.2) is 0 Å². The van der Waals surface area contributed by atoms with Crippen LogP contribution in [-0.4, -0.2) is 26.4 Å². The third-order valence-corrected chi connectivity index (χ3v) is 5.64. The molecular weight excluding hydrogens is 487 g/mol. The Bertz CT molecular complexity index is 926. The molecule has 0 unspecified atom stereocenters. The number of nitrogens with zero attached hydrogens (tertiary/aromatic N) is 3. The minimum Gasteiger partial charge on any atom is -0.486 e. The Morgan fingerprint density at radius 2 is 1.86 bits per heavy atom. The average molecular weight is 508 g/mol. The number of carbonyl (C=O) groups is 1. The number of amides is 1. The van der Waals surface area contributed by atoms with Gasteiger partial charge in [-0.05, 0) is 72.8 Å². The van der Waals surface area contributed by atoms with E-state index < -0.39 is 0 Å². The molecular formula is C20H21IN4O2S. The Balaban J connectivity index is 1.56. The molecule has 0 atom stereocenters. The van der Waals surface area contributed by atoms with Gasteiger partial charge in [0, 0.05) is 15.8 Å². The van der Waals surface area contributed by atoms with Gasteiger partial charge >= 0.3 is 0 Å².